The van der Waals surface area contributed by atoms with Crippen LogP contribution in [0.3, 0.4) is 0 Å². The molecule has 0 aromatic rings. The largest absolute Gasteiger partial charge is 0.457 e. The third-order valence-electron chi connectivity index (χ3n) is 11.5. The zero-order valence-corrected chi connectivity index (χ0v) is 30.6. The van der Waals surface area contributed by atoms with Crippen molar-refractivity contribution >= 4 is 18.2 Å². The van der Waals surface area contributed by atoms with Gasteiger partial charge in [0, 0.05) is 56.6 Å². The van der Waals surface area contributed by atoms with Crippen LogP contribution in [0, 0.1) is 11.3 Å². The minimum Gasteiger partial charge on any atom is -0.457 e. The molecule has 0 spiro atoms. The molecular weight excluding hydrogens is 638 g/mol. The summed E-state index contributed by atoms with van der Waals surface area (Å²) in [6, 6.07) is 0.591. The van der Waals surface area contributed by atoms with E-state index in [-0.39, 0.29) is 36.7 Å². The summed E-state index contributed by atoms with van der Waals surface area (Å²) in [5.74, 6) is -0.838. The highest BCUT2D eigenvalue weighted by atomic mass is 16.6. The normalized spacial score (nSPS) is 32.8. The van der Waals surface area contributed by atoms with E-state index in [2.05, 4.69) is 11.0 Å². The molecule has 0 radical (unpaired) electrons. The first-order valence-electron chi connectivity index (χ1n) is 19.2. The fraction of sp³-hybridized carbons (Fsp3) is 0.769. The molecule has 2 amide bonds. The molecule has 11 heteroatoms. The van der Waals surface area contributed by atoms with E-state index in [4.69, 9.17) is 14.2 Å². The number of carbonyl (C=O) groups is 3. The lowest BCUT2D eigenvalue weighted by Gasteiger charge is -2.40. The van der Waals surface area contributed by atoms with Gasteiger partial charge >= 0.3 is 18.2 Å². The molecule has 0 unspecified atom stereocenters. The van der Waals surface area contributed by atoms with Gasteiger partial charge in [-0.25, -0.2) is 9.59 Å². The molecule has 3 heterocycles. The van der Waals surface area contributed by atoms with Gasteiger partial charge in [-0.1, -0.05) is 56.9 Å². The summed E-state index contributed by atoms with van der Waals surface area (Å²) < 4.78 is 17.6. The summed E-state index contributed by atoms with van der Waals surface area (Å²) in [7, 11) is 0. The van der Waals surface area contributed by atoms with Crippen LogP contribution in [0.2, 0.25) is 0 Å². The molecule has 3 aliphatic heterocycles. The maximum Gasteiger partial charge on any atom is 0.410 e. The molecule has 0 aromatic heterocycles. The van der Waals surface area contributed by atoms with E-state index in [1.807, 2.05) is 32.1 Å². The van der Waals surface area contributed by atoms with E-state index in [1.165, 1.54) is 38.5 Å². The standard InChI is InChI=1S/C39H61N3O8/c1-29(11-10-17-39(19-20-39)28-48-36(45)41-21-8-9-22-41)35-30(2)14-15-33(38(3,47)18-16-32(43)27-34(44)50-35)49-37(46)42-25-23-40(24-26-42)31-12-6-4-5-7-13-31/h10-11,14-15,17,30-33,35,43,47H,4-9,12-13,16,18-28H2,1-3H3/b15-14+,17-10+,29-11+/t30-,32+,33-,35+,38+/m0/s1. The highest BCUT2D eigenvalue weighted by Crippen LogP contribution is 2.47. The number of aliphatic hydroxyl groups excluding tert-OH is 1. The lowest BCUT2D eigenvalue weighted by molar-refractivity contribution is -0.151. The zero-order valence-electron chi connectivity index (χ0n) is 30.6. The van der Waals surface area contributed by atoms with Crippen molar-refractivity contribution in [3.8, 4) is 0 Å². The van der Waals surface area contributed by atoms with Crippen molar-refractivity contribution < 1.29 is 38.8 Å². The second kappa shape index (κ2) is 17.6. The molecule has 50 heavy (non-hydrogen) atoms. The van der Waals surface area contributed by atoms with Crippen LogP contribution in [0.25, 0.3) is 0 Å². The smallest absolute Gasteiger partial charge is 0.410 e. The maximum absolute atomic E-state index is 13.5. The number of hydrogen-bond donors (Lipinski definition) is 2. The van der Waals surface area contributed by atoms with Gasteiger partial charge in [0.15, 0.2) is 6.10 Å². The fourth-order valence-electron chi connectivity index (χ4n) is 7.74. The molecule has 2 saturated heterocycles. The number of ether oxygens (including phenoxy) is 3. The Labute approximate surface area is 298 Å². The van der Waals surface area contributed by atoms with Crippen molar-refractivity contribution in [2.24, 2.45) is 11.3 Å². The van der Waals surface area contributed by atoms with Crippen LogP contribution in [0.4, 0.5) is 9.59 Å². The van der Waals surface area contributed by atoms with Gasteiger partial charge in [0.25, 0.3) is 0 Å². The minimum absolute atomic E-state index is 0.135. The van der Waals surface area contributed by atoms with Crippen molar-refractivity contribution in [2.75, 3.05) is 45.9 Å². The minimum atomic E-state index is -1.46. The number of likely N-dealkylation sites (tertiary alicyclic amines) is 1. The van der Waals surface area contributed by atoms with Crippen LogP contribution >= 0.6 is 0 Å². The maximum atomic E-state index is 13.5. The van der Waals surface area contributed by atoms with Crippen LogP contribution in [0.1, 0.15) is 104 Å². The molecule has 0 bridgehead atoms. The van der Waals surface area contributed by atoms with E-state index < -0.39 is 36.0 Å². The molecule has 2 saturated carbocycles. The first-order chi connectivity index (χ1) is 23.9. The Bertz CT molecular complexity index is 1240. The van der Waals surface area contributed by atoms with Crippen molar-refractivity contribution in [3.05, 3.63) is 36.0 Å². The average molecular weight is 700 g/mol. The number of hydrogen-bond acceptors (Lipinski definition) is 9. The Morgan fingerprint density at radius 3 is 2.24 bits per heavy atom. The van der Waals surface area contributed by atoms with Crippen molar-refractivity contribution in [1.29, 1.82) is 0 Å². The predicted octanol–water partition coefficient (Wildman–Crippen LogP) is 5.75. The van der Waals surface area contributed by atoms with Crippen LogP contribution in [-0.4, -0.2) is 119 Å². The second-order valence-electron chi connectivity index (χ2n) is 15.8. The van der Waals surface area contributed by atoms with Crippen LogP contribution in [0.15, 0.2) is 36.0 Å². The summed E-state index contributed by atoms with van der Waals surface area (Å²) in [5.41, 5.74) is -0.830. The van der Waals surface area contributed by atoms with Crippen LogP contribution < -0.4 is 0 Å². The van der Waals surface area contributed by atoms with Gasteiger partial charge in [-0.3, -0.25) is 9.69 Å². The molecule has 2 aliphatic carbocycles. The summed E-state index contributed by atoms with van der Waals surface area (Å²) in [6.07, 6.45) is 17.8. The number of esters is 1. The van der Waals surface area contributed by atoms with E-state index in [1.54, 1.807) is 22.8 Å². The van der Waals surface area contributed by atoms with Crippen molar-refractivity contribution in [3.63, 3.8) is 0 Å². The number of cyclic esters (lactones) is 1. The number of allylic oxidation sites excluding steroid dienone is 2. The molecular formula is C39H61N3O8. The number of carbonyl (C=O) groups excluding carboxylic acids is 3. The first kappa shape index (κ1) is 38.3. The second-order valence-corrected chi connectivity index (χ2v) is 15.8. The number of nitrogens with zero attached hydrogens (tertiary/aromatic N) is 3. The topological polar surface area (TPSA) is 129 Å². The quantitative estimate of drug-likeness (QED) is 0.112. The highest BCUT2D eigenvalue weighted by molar-refractivity contribution is 5.70. The zero-order chi connectivity index (χ0) is 35.7. The lowest BCUT2D eigenvalue weighted by atomic mass is 9.88. The van der Waals surface area contributed by atoms with Crippen LogP contribution in [0.5, 0.6) is 0 Å². The third-order valence-corrected chi connectivity index (χ3v) is 11.5. The van der Waals surface area contributed by atoms with E-state index in [9.17, 15) is 24.6 Å². The predicted molar refractivity (Wildman–Crippen MR) is 190 cm³/mol. The number of aliphatic hydroxyl groups is 2. The Morgan fingerprint density at radius 2 is 1.58 bits per heavy atom. The summed E-state index contributed by atoms with van der Waals surface area (Å²) in [6.45, 7) is 10.1. The molecule has 280 valence electrons. The molecule has 11 nitrogen and oxygen atoms in total. The Hall–Kier alpha value is -2.89. The molecule has 5 rings (SSSR count). The third kappa shape index (κ3) is 10.8. The van der Waals surface area contributed by atoms with Crippen molar-refractivity contribution in [1.82, 2.24) is 14.7 Å². The SMILES string of the molecule is C/C(=C\C=C\C1(COC(=O)N2CCCC2)CC1)[C@H]1OC(=O)C[C@H](O)CC[C@@](C)(O)[C@@H](OC(=O)N2CCN(C3CCCCCC3)CC2)/C=C/[C@@H]1C. The molecule has 0 aromatic carbocycles. The first-order valence-corrected chi connectivity index (χ1v) is 19.2. The Balaban J connectivity index is 1.22. The highest BCUT2D eigenvalue weighted by Gasteiger charge is 2.42. The lowest BCUT2D eigenvalue weighted by Crippen LogP contribution is -2.53. The monoisotopic (exact) mass is 699 g/mol. The summed E-state index contributed by atoms with van der Waals surface area (Å²) in [4.78, 5) is 44.8. The summed E-state index contributed by atoms with van der Waals surface area (Å²) >= 11 is 0. The molecule has 2 N–H and O–H groups in total. The van der Waals surface area contributed by atoms with Gasteiger partial charge in [0.1, 0.15) is 18.3 Å². The van der Waals surface area contributed by atoms with Crippen LogP contribution in [-0.2, 0) is 19.0 Å². The molecule has 5 atom stereocenters. The van der Waals surface area contributed by atoms with E-state index >= 15 is 0 Å². The van der Waals surface area contributed by atoms with Gasteiger partial charge in [-0.15, -0.1) is 0 Å². The van der Waals surface area contributed by atoms with E-state index in [0.29, 0.717) is 25.7 Å². The van der Waals surface area contributed by atoms with Gasteiger partial charge < -0.3 is 34.2 Å². The van der Waals surface area contributed by atoms with Gasteiger partial charge in [0.05, 0.1) is 12.5 Å². The molecule has 4 fully saturated rings. The van der Waals surface area contributed by atoms with Crippen molar-refractivity contribution in [2.45, 2.75) is 134 Å². The Morgan fingerprint density at radius 1 is 0.920 bits per heavy atom. The van der Waals surface area contributed by atoms with E-state index in [0.717, 1.165) is 57.4 Å². The van der Waals surface area contributed by atoms with Gasteiger partial charge in [-0.2, -0.15) is 0 Å². The van der Waals surface area contributed by atoms with Gasteiger partial charge in [-0.05, 0) is 76.9 Å². The number of piperazine rings is 1. The number of rotatable bonds is 7. The molecule has 5 aliphatic rings. The average Bonchev–Trinajstić information content (AvgIpc) is 3.75. The number of amides is 2. The fourth-order valence-corrected chi connectivity index (χ4v) is 7.74. The summed E-state index contributed by atoms with van der Waals surface area (Å²) in [5, 5.41) is 22.2. The van der Waals surface area contributed by atoms with Gasteiger partial charge in [0.2, 0.25) is 0 Å². The Kier molecular flexibility index (Phi) is 13.5.